The molecule has 0 aliphatic heterocycles. The molecule has 0 amide bonds. The first-order valence-electron chi connectivity index (χ1n) is 7.05. The van der Waals surface area contributed by atoms with Crippen molar-refractivity contribution in [2.24, 2.45) is 0 Å². The van der Waals surface area contributed by atoms with Gasteiger partial charge < -0.3 is 15.2 Å². The van der Waals surface area contributed by atoms with Crippen molar-refractivity contribution in [2.75, 3.05) is 13.2 Å². The molecule has 1 aliphatic rings. The Morgan fingerprint density at radius 3 is 2.79 bits per heavy atom. The average Bonchev–Trinajstić information content (AvgIpc) is 3.22. The number of nitrogens with one attached hydrogen (secondary N) is 1. The molecule has 106 valence electrons. The molecule has 0 atom stereocenters. The van der Waals surface area contributed by atoms with E-state index in [1.165, 1.54) is 12.8 Å². The Hall–Kier alpha value is -1.13. The molecule has 1 saturated carbocycles. The molecule has 1 fully saturated rings. The van der Waals surface area contributed by atoms with Gasteiger partial charge in [-0.05, 0) is 49.8 Å². The molecule has 3 nitrogen and oxygen atoms in total. The van der Waals surface area contributed by atoms with Crippen molar-refractivity contribution in [1.29, 1.82) is 0 Å². The fraction of sp³-hybridized carbons (Fsp3) is 0.600. The molecular formula is C15H22FNO2. The summed E-state index contributed by atoms with van der Waals surface area (Å²) in [7, 11) is 0. The molecule has 0 unspecified atom stereocenters. The summed E-state index contributed by atoms with van der Waals surface area (Å²) < 4.78 is 19.2. The van der Waals surface area contributed by atoms with E-state index in [9.17, 15) is 4.39 Å². The largest absolute Gasteiger partial charge is 0.491 e. The molecule has 0 saturated heterocycles. The highest BCUT2D eigenvalue weighted by Gasteiger charge is 2.20. The summed E-state index contributed by atoms with van der Waals surface area (Å²) >= 11 is 0. The van der Waals surface area contributed by atoms with Crippen molar-refractivity contribution in [3.05, 3.63) is 29.6 Å². The molecule has 19 heavy (non-hydrogen) atoms. The van der Waals surface area contributed by atoms with Crippen LogP contribution in [-0.4, -0.2) is 24.4 Å². The zero-order chi connectivity index (χ0) is 13.5. The highest BCUT2D eigenvalue weighted by molar-refractivity contribution is 5.29. The van der Waals surface area contributed by atoms with Crippen molar-refractivity contribution in [3.8, 4) is 5.75 Å². The summed E-state index contributed by atoms with van der Waals surface area (Å²) in [5, 5.41) is 12.0. The number of ether oxygens (including phenoxy) is 1. The lowest BCUT2D eigenvalue weighted by molar-refractivity contribution is 0.261. The maximum absolute atomic E-state index is 13.8. The van der Waals surface area contributed by atoms with Crippen LogP contribution in [0.2, 0.25) is 0 Å². The highest BCUT2D eigenvalue weighted by atomic mass is 19.1. The van der Waals surface area contributed by atoms with Gasteiger partial charge >= 0.3 is 0 Å². The van der Waals surface area contributed by atoms with Crippen LogP contribution in [0.15, 0.2) is 18.2 Å². The van der Waals surface area contributed by atoms with Gasteiger partial charge in [-0.2, -0.15) is 0 Å². The zero-order valence-electron chi connectivity index (χ0n) is 11.2. The second-order valence-corrected chi connectivity index (χ2v) is 5.05. The Labute approximate surface area is 113 Å². The number of benzene rings is 1. The van der Waals surface area contributed by atoms with Gasteiger partial charge in [0.2, 0.25) is 0 Å². The van der Waals surface area contributed by atoms with E-state index in [-0.39, 0.29) is 12.4 Å². The third-order valence-corrected chi connectivity index (χ3v) is 3.23. The van der Waals surface area contributed by atoms with Crippen LogP contribution < -0.4 is 10.1 Å². The van der Waals surface area contributed by atoms with Crippen LogP contribution in [-0.2, 0) is 6.54 Å². The standard InChI is InChI=1S/C15H22FNO2/c16-14-10-12(11-17-13-5-6-13)4-7-15(14)19-9-3-1-2-8-18/h4,7,10,13,17-18H,1-3,5-6,8-9,11H2. The number of aliphatic hydroxyl groups is 1. The van der Waals surface area contributed by atoms with Gasteiger partial charge in [-0.1, -0.05) is 6.07 Å². The van der Waals surface area contributed by atoms with Gasteiger partial charge in [-0.25, -0.2) is 4.39 Å². The summed E-state index contributed by atoms with van der Waals surface area (Å²) in [6.07, 6.45) is 4.99. The van der Waals surface area contributed by atoms with Crippen LogP contribution in [0, 0.1) is 5.82 Å². The summed E-state index contributed by atoms with van der Waals surface area (Å²) in [6, 6.07) is 5.77. The smallest absolute Gasteiger partial charge is 0.165 e. The first-order chi connectivity index (χ1) is 9.29. The minimum atomic E-state index is -0.294. The predicted molar refractivity (Wildman–Crippen MR) is 72.7 cm³/mol. The minimum Gasteiger partial charge on any atom is -0.491 e. The molecule has 1 aromatic rings. The van der Waals surface area contributed by atoms with E-state index in [0.29, 0.717) is 18.4 Å². The van der Waals surface area contributed by atoms with E-state index in [2.05, 4.69) is 5.32 Å². The van der Waals surface area contributed by atoms with E-state index < -0.39 is 0 Å². The Kier molecular flexibility index (Phi) is 5.61. The molecule has 1 aromatic carbocycles. The van der Waals surface area contributed by atoms with Crippen molar-refractivity contribution in [1.82, 2.24) is 5.32 Å². The van der Waals surface area contributed by atoms with Gasteiger partial charge in [0.15, 0.2) is 11.6 Å². The zero-order valence-corrected chi connectivity index (χ0v) is 11.2. The molecule has 2 rings (SSSR count). The number of aliphatic hydroxyl groups excluding tert-OH is 1. The quantitative estimate of drug-likeness (QED) is 0.676. The fourth-order valence-electron chi connectivity index (χ4n) is 1.89. The van der Waals surface area contributed by atoms with Crippen LogP contribution in [0.25, 0.3) is 0 Å². The van der Waals surface area contributed by atoms with Gasteiger partial charge in [0.25, 0.3) is 0 Å². The Bertz CT molecular complexity index is 394. The van der Waals surface area contributed by atoms with Gasteiger partial charge in [-0.15, -0.1) is 0 Å². The molecule has 2 N–H and O–H groups in total. The summed E-state index contributed by atoms with van der Waals surface area (Å²) in [6.45, 7) is 1.42. The summed E-state index contributed by atoms with van der Waals surface area (Å²) in [5.74, 6) is 0.0245. The third kappa shape index (κ3) is 5.17. The van der Waals surface area contributed by atoms with E-state index in [4.69, 9.17) is 9.84 Å². The lowest BCUT2D eigenvalue weighted by atomic mass is 10.2. The second-order valence-electron chi connectivity index (χ2n) is 5.05. The highest BCUT2D eigenvalue weighted by Crippen LogP contribution is 2.21. The maximum atomic E-state index is 13.8. The average molecular weight is 267 g/mol. The maximum Gasteiger partial charge on any atom is 0.165 e. The third-order valence-electron chi connectivity index (χ3n) is 3.23. The molecular weight excluding hydrogens is 245 g/mol. The molecule has 4 heteroatoms. The molecule has 0 spiro atoms. The Morgan fingerprint density at radius 2 is 2.11 bits per heavy atom. The number of hydrogen-bond acceptors (Lipinski definition) is 3. The van der Waals surface area contributed by atoms with Crippen LogP contribution in [0.5, 0.6) is 5.75 Å². The molecule has 0 aromatic heterocycles. The SMILES string of the molecule is OCCCCCOc1ccc(CNC2CC2)cc1F. The molecule has 0 heterocycles. The topological polar surface area (TPSA) is 41.5 Å². The number of rotatable bonds is 9. The normalized spacial score (nSPS) is 14.6. The van der Waals surface area contributed by atoms with Gasteiger partial charge in [0.1, 0.15) is 0 Å². The van der Waals surface area contributed by atoms with Crippen molar-refractivity contribution in [2.45, 2.75) is 44.7 Å². The number of halogens is 1. The van der Waals surface area contributed by atoms with Crippen LogP contribution in [0.4, 0.5) is 4.39 Å². The number of unbranched alkanes of at least 4 members (excludes halogenated alkanes) is 2. The second kappa shape index (κ2) is 7.46. The van der Waals surface area contributed by atoms with Crippen molar-refractivity contribution < 1.29 is 14.2 Å². The molecule has 1 aliphatic carbocycles. The number of hydrogen-bond donors (Lipinski definition) is 2. The fourth-order valence-corrected chi connectivity index (χ4v) is 1.89. The first kappa shape index (κ1) is 14.3. The monoisotopic (exact) mass is 267 g/mol. The lowest BCUT2D eigenvalue weighted by Gasteiger charge is -2.09. The Balaban J connectivity index is 1.73. The van der Waals surface area contributed by atoms with E-state index in [1.54, 1.807) is 12.1 Å². The summed E-state index contributed by atoms with van der Waals surface area (Å²) in [4.78, 5) is 0. The van der Waals surface area contributed by atoms with Gasteiger partial charge in [0.05, 0.1) is 6.61 Å². The van der Waals surface area contributed by atoms with Crippen molar-refractivity contribution in [3.63, 3.8) is 0 Å². The van der Waals surface area contributed by atoms with Crippen LogP contribution in [0.1, 0.15) is 37.7 Å². The van der Waals surface area contributed by atoms with Gasteiger partial charge in [0, 0.05) is 19.2 Å². The van der Waals surface area contributed by atoms with Crippen molar-refractivity contribution >= 4 is 0 Å². The lowest BCUT2D eigenvalue weighted by Crippen LogP contribution is -2.15. The van der Waals surface area contributed by atoms with E-state index in [1.807, 2.05) is 6.07 Å². The molecule has 0 radical (unpaired) electrons. The predicted octanol–water partition coefficient (Wildman–Crippen LogP) is 2.62. The van der Waals surface area contributed by atoms with E-state index in [0.717, 1.165) is 31.4 Å². The first-order valence-corrected chi connectivity index (χ1v) is 7.05. The van der Waals surface area contributed by atoms with E-state index >= 15 is 0 Å². The minimum absolute atomic E-state index is 0.205. The van der Waals surface area contributed by atoms with Crippen LogP contribution >= 0.6 is 0 Å². The van der Waals surface area contributed by atoms with Crippen LogP contribution in [0.3, 0.4) is 0 Å². The Morgan fingerprint density at radius 1 is 1.26 bits per heavy atom. The van der Waals surface area contributed by atoms with Gasteiger partial charge in [-0.3, -0.25) is 0 Å². The molecule has 0 bridgehead atoms. The summed E-state index contributed by atoms with van der Waals surface area (Å²) in [5.41, 5.74) is 0.956.